The first-order valence-corrected chi connectivity index (χ1v) is 10.3. The van der Waals surface area contributed by atoms with E-state index < -0.39 is 12.2 Å². The average molecular weight is 444 g/mol. The molecule has 1 aliphatic heterocycles. The van der Waals surface area contributed by atoms with Crippen molar-refractivity contribution in [3.63, 3.8) is 0 Å². The van der Waals surface area contributed by atoms with Gasteiger partial charge < -0.3 is 4.90 Å². The number of halogens is 3. The van der Waals surface area contributed by atoms with E-state index in [0.717, 1.165) is 43.1 Å². The summed E-state index contributed by atoms with van der Waals surface area (Å²) in [6, 6.07) is 5.30. The highest BCUT2D eigenvalue weighted by molar-refractivity contribution is 5.87. The smallest absolute Gasteiger partial charge is 0.341 e. The molecule has 2 N–H and O–H groups in total. The first kappa shape index (κ1) is 22.0. The van der Waals surface area contributed by atoms with Gasteiger partial charge in [0.15, 0.2) is 0 Å². The monoisotopic (exact) mass is 444 g/mol. The number of pyridine rings is 2. The predicted molar refractivity (Wildman–Crippen MR) is 113 cm³/mol. The summed E-state index contributed by atoms with van der Waals surface area (Å²) in [4.78, 5) is 11.2. The van der Waals surface area contributed by atoms with Gasteiger partial charge in [-0.05, 0) is 62.9 Å². The molecular weight excluding hydrogens is 421 g/mol. The maximum Gasteiger partial charge on any atom is 0.405 e. The Bertz CT molecular complexity index is 1060. The van der Waals surface area contributed by atoms with Gasteiger partial charge in [-0.1, -0.05) is 0 Å². The van der Waals surface area contributed by atoms with Gasteiger partial charge in [-0.3, -0.25) is 10.2 Å². The second-order valence-electron chi connectivity index (χ2n) is 8.16. The lowest BCUT2D eigenvalue weighted by Gasteiger charge is -2.45. The maximum absolute atomic E-state index is 12.7. The van der Waals surface area contributed by atoms with Crippen molar-refractivity contribution in [3.05, 3.63) is 53.5 Å². The summed E-state index contributed by atoms with van der Waals surface area (Å²) in [7, 11) is 0. The Kier molecular flexibility index (Phi) is 5.79. The number of rotatable bonds is 5. The van der Waals surface area contributed by atoms with Crippen molar-refractivity contribution in [2.75, 3.05) is 10.1 Å². The molecule has 4 rings (SSSR count). The van der Waals surface area contributed by atoms with Crippen molar-refractivity contribution in [3.8, 4) is 6.07 Å². The van der Waals surface area contributed by atoms with Crippen molar-refractivity contribution in [1.29, 1.82) is 5.26 Å². The molecule has 2 aliphatic rings. The maximum atomic E-state index is 12.7. The number of hydrogen-bond donors (Lipinski definition) is 2. The van der Waals surface area contributed by atoms with Crippen LogP contribution in [-0.4, -0.2) is 33.4 Å². The zero-order valence-corrected chi connectivity index (χ0v) is 17.6. The van der Waals surface area contributed by atoms with Gasteiger partial charge in [0.2, 0.25) is 0 Å². The fourth-order valence-corrected chi connectivity index (χ4v) is 3.84. The zero-order valence-electron chi connectivity index (χ0n) is 17.6. The first-order valence-electron chi connectivity index (χ1n) is 10.3. The molecule has 1 aliphatic carbocycles. The lowest BCUT2D eigenvalue weighted by Crippen LogP contribution is -2.48. The summed E-state index contributed by atoms with van der Waals surface area (Å²) in [6.45, 7) is 2.83. The topological polar surface area (TPSA) is 88.3 Å². The molecule has 2 aromatic rings. The lowest BCUT2D eigenvalue weighted by atomic mass is 9.86. The van der Waals surface area contributed by atoms with Crippen molar-refractivity contribution < 1.29 is 18.4 Å². The van der Waals surface area contributed by atoms with Gasteiger partial charge in [0.1, 0.15) is 17.5 Å². The van der Waals surface area contributed by atoms with E-state index in [1.165, 1.54) is 12.3 Å². The Balaban J connectivity index is 1.65. The summed E-state index contributed by atoms with van der Waals surface area (Å²) in [5.41, 5.74) is 4.90. The van der Waals surface area contributed by atoms with Crippen LogP contribution < -0.4 is 15.5 Å². The quantitative estimate of drug-likeness (QED) is 0.659. The SMILES string of the molecule is Cc1cnc2c(c1)C(C#N)=CC(c1ccc(N(O)N[C@H](C)C(F)(F)F)cn1)N2C1CCC1. The molecule has 1 fully saturated rings. The third kappa shape index (κ3) is 4.13. The number of nitrogens with one attached hydrogen (secondary N) is 1. The number of aromatic nitrogens is 2. The standard InChI is InChI=1S/C22H23F3N6O/c1-13-8-18-15(10-26)9-20(30(16-4-3-5-16)21(18)28-11-13)19-7-6-17(12-27-19)31(32)29-14(2)22(23,24)25/h6-9,11-12,14,16,20,29,32H,3-5H2,1-2H3/t14-,20?/m1/s1. The molecule has 0 bridgehead atoms. The van der Waals surface area contributed by atoms with Gasteiger partial charge in [0, 0.05) is 17.8 Å². The number of alkyl halides is 3. The summed E-state index contributed by atoms with van der Waals surface area (Å²) in [5.74, 6) is 0.736. The molecule has 0 spiro atoms. The van der Waals surface area contributed by atoms with Crippen molar-refractivity contribution >= 4 is 17.1 Å². The molecule has 3 heterocycles. The van der Waals surface area contributed by atoms with Gasteiger partial charge >= 0.3 is 6.18 Å². The van der Waals surface area contributed by atoms with Gasteiger partial charge in [-0.15, -0.1) is 0 Å². The molecule has 2 aromatic heterocycles. The summed E-state index contributed by atoms with van der Waals surface area (Å²) < 4.78 is 38.2. The third-order valence-corrected chi connectivity index (χ3v) is 5.88. The number of anilines is 2. The van der Waals surface area contributed by atoms with Crippen LogP contribution in [0.5, 0.6) is 0 Å². The van der Waals surface area contributed by atoms with Crippen molar-refractivity contribution in [1.82, 2.24) is 15.4 Å². The second kappa shape index (κ2) is 8.41. The van der Waals surface area contributed by atoms with Gasteiger partial charge in [0.25, 0.3) is 0 Å². The van der Waals surface area contributed by atoms with Crippen LogP contribution in [0.15, 0.2) is 36.7 Å². The Hall–Kier alpha value is -3.16. The molecule has 0 amide bonds. The van der Waals surface area contributed by atoms with E-state index in [2.05, 4.69) is 20.9 Å². The van der Waals surface area contributed by atoms with E-state index in [-0.39, 0.29) is 17.8 Å². The zero-order chi connectivity index (χ0) is 23.0. The third-order valence-electron chi connectivity index (χ3n) is 5.88. The molecule has 1 saturated carbocycles. The number of hydrogen-bond acceptors (Lipinski definition) is 7. The van der Waals surface area contributed by atoms with Crippen LogP contribution in [0.4, 0.5) is 24.7 Å². The number of allylic oxidation sites excluding steroid dienone is 1. The highest BCUT2D eigenvalue weighted by Crippen LogP contribution is 2.43. The minimum Gasteiger partial charge on any atom is -0.341 e. The molecular formula is C22H23F3N6O. The van der Waals surface area contributed by atoms with Crippen LogP contribution >= 0.6 is 0 Å². The fraction of sp³-hybridized carbons (Fsp3) is 0.409. The molecule has 2 atom stereocenters. The molecule has 0 saturated heterocycles. The Morgan fingerprint density at radius 2 is 2.03 bits per heavy atom. The highest BCUT2D eigenvalue weighted by Gasteiger charge is 2.38. The minimum absolute atomic E-state index is 0.0643. The van der Waals surface area contributed by atoms with Gasteiger partial charge in [-0.25, -0.2) is 4.98 Å². The predicted octanol–water partition coefficient (Wildman–Crippen LogP) is 4.46. The van der Waals surface area contributed by atoms with Gasteiger partial charge in [-0.2, -0.15) is 29.0 Å². The average Bonchev–Trinajstić information content (AvgIpc) is 2.72. The fourth-order valence-electron chi connectivity index (χ4n) is 3.84. The Morgan fingerprint density at radius 3 is 2.59 bits per heavy atom. The number of fused-ring (bicyclic) bond motifs is 1. The molecule has 32 heavy (non-hydrogen) atoms. The van der Waals surface area contributed by atoms with E-state index in [4.69, 9.17) is 0 Å². The van der Waals surface area contributed by atoms with Crippen LogP contribution in [0.2, 0.25) is 0 Å². The van der Waals surface area contributed by atoms with Crippen molar-refractivity contribution in [2.45, 2.75) is 57.4 Å². The van der Waals surface area contributed by atoms with Crippen LogP contribution in [0.3, 0.4) is 0 Å². The number of nitriles is 1. The largest absolute Gasteiger partial charge is 0.405 e. The van der Waals surface area contributed by atoms with Crippen LogP contribution in [0.1, 0.15) is 49.0 Å². The number of aryl methyl sites for hydroxylation is 1. The number of nitrogens with zero attached hydrogens (tertiary/aromatic N) is 5. The van der Waals surface area contributed by atoms with Crippen LogP contribution in [0.25, 0.3) is 5.57 Å². The lowest BCUT2D eigenvalue weighted by molar-refractivity contribution is -0.155. The second-order valence-corrected chi connectivity index (χ2v) is 8.16. The molecule has 1 unspecified atom stereocenters. The Morgan fingerprint density at radius 1 is 1.28 bits per heavy atom. The van der Waals surface area contributed by atoms with E-state index in [0.29, 0.717) is 16.4 Å². The Labute approximate surface area is 183 Å². The summed E-state index contributed by atoms with van der Waals surface area (Å²) >= 11 is 0. The summed E-state index contributed by atoms with van der Waals surface area (Å²) in [6.07, 6.45) is 3.53. The van der Waals surface area contributed by atoms with E-state index >= 15 is 0 Å². The number of hydrazine groups is 1. The first-order chi connectivity index (χ1) is 15.2. The van der Waals surface area contributed by atoms with E-state index in [1.807, 2.05) is 24.5 Å². The van der Waals surface area contributed by atoms with E-state index in [9.17, 15) is 23.6 Å². The van der Waals surface area contributed by atoms with Crippen LogP contribution in [-0.2, 0) is 0 Å². The summed E-state index contributed by atoms with van der Waals surface area (Å²) in [5, 5.41) is 20.0. The minimum atomic E-state index is -4.50. The molecule has 168 valence electrons. The van der Waals surface area contributed by atoms with Crippen LogP contribution in [0, 0.1) is 18.3 Å². The van der Waals surface area contributed by atoms with Crippen molar-refractivity contribution in [2.24, 2.45) is 0 Å². The molecule has 0 radical (unpaired) electrons. The normalized spacial score (nSPS) is 19.5. The molecule has 0 aromatic carbocycles. The van der Waals surface area contributed by atoms with Gasteiger partial charge in [0.05, 0.1) is 29.6 Å². The van der Waals surface area contributed by atoms with E-state index in [1.54, 1.807) is 12.3 Å². The highest BCUT2D eigenvalue weighted by atomic mass is 19.4. The molecule has 10 heteroatoms. The molecule has 7 nitrogen and oxygen atoms in total.